The molecule has 0 aromatic carbocycles. The van der Waals surface area contributed by atoms with Gasteiger partial charge in [0.2, 0.25) is 5.91 Å². The molecule has 0 fully saturated rings. The van der Waals surface area contributed by atoms with Crippen LogP contribution in [0.15, 0.2) is 12.2 Å². The van der Waals surface area contributed by atoms with Gasteiger partial charge < -0.3 is 20.1 Å². The predicted octanol–water partition coefficient (Wildman–Crippen LogP) is 9.10. The summed E-state index contributed by atoms with van der Waals surface area (Å²) in [5.74, 6) is -0.529. The van der Waals surface area contributed by atoms with E-state index in [0.29, 0.717) is 6.42 Å². The number of unbranched alkanes of at least 4 members (excludes halogenated alkanes) is 19. The number of carbonyl (C=O) groups excluding carboxylic acids is 2. The summed E-state index contributed by atoms with van der Waals surface area (Å²) in [6.45, 7) is 3.45. The molecule has 0 aliphatic carbocycles. The standard InChI is InChI=1S/C35H68NO8P/c1-3-5-7-9-10-11-12-13-14-15-16-17-18-19-20-21-22-24-26-28-35(39)42-31-33(37)32-44-45(40,41)43-30-29-36-34(38)27-25-23-8-6-4-2/h13-14,33,37H,3-12,15-32H2,1-2H3,(H,36,38)(H,40,41)/b14-13+. The number of nitrogens with one attached hydrogen (secondary N) is 1. The lowest BCUT2D eigenvalue weighted by Crippen LogP contribution is -2.27. The maximum absolute atomic E-state index is 11.9. The van der Waals surface area contributed by atoms with Crippen molar-refractivity contribution < 1.29 is 37.9 Å². The molecule has 0 rings (SSSR count). The molecule has 2 atom stereocenters. The third-order valence-electron chi connectivity index (χ3n) is 7.70. The summed E-state index contributed by atoms with van der Waals surface area (Å²) in [4.78, 5) is 33.4. The third kappa shape index (κ3) is 33.9. The molecular weight excluding hydrogens is 593 g/mol. The minimum atomic E-state index is -4.39. The summed E-state index contributed by atoms with van der Waals surface area (Å²) < 4.78 is 26.6. The second-order valence-electron chi connectivity index (χ2n) is 12.2. The number of aliphatic hydroxyl groups excluding tert-OH is 1. The summed E-state index contributed by atoms with van der Waals surface area (Å²) >= 11 is 0. The van der Waals surface area contributed by atoms with Crippen LogP contribution >= 0.6 is 7.82 Å². The van der Waals surface area contributed by atoms with Crippen LogP contribution in [-0.2, 0) is 27.9 Å². The lowest BCUT2D eigenvalue weighted by atomic mass is 10.1. The van der Waals surface area contributed by atoms with E-state index in [-0.39, 0.29) is 32.1 Å². The van der Waals surface area contributed by atoms with Crippen molar-refractivity contribution in [2.75, 3.05) is 26.4 Å². The van der Waals surface area contributed by atoms with E-state index in [2.05, 4.69) is 31.3 Å². The molecule has 2 unspecified atom stereocenters. The molecule has 0 saturated heterocycles. The van der Waals surface area contributed by atoms with Crippen molar-refractivity contribution in [2.45, 2.75) is 174 Å². The van der Waals surface area contributed by atoms with Crippen molar-refractivity contribution in [3.8, 4) is 0 Å². The SMILES string of the molecule is CCCCCCCC/C=C/CCCCCCCCCCCC(=O)OCC(O)COP(=O)(O)OCCNC(=O)CCCCCCC. The Bertz CT molecular complexity index is 764. The van der Waals surface area contributed by atoms with Gasteiger partial charge in [-0.2, -0.15) is 0 Å². The van der Waals surface area contributed by atoms with Gasteiger partial charge in [0, 0.05) is 19.4 Å². The second kappa shape index (κ2) is 32.7. The Kier molecular flexibility index (Phi) is 31.8. The van der Waals surface area contributed by atoms with Crippen molar-refractivity contribution in [3.63, 3.8) is 0 Å². The highest BCUT2D eigenvalue weighted by atomic mass is 31.2. The highest BCUT2D eigenvalue weighted by molar-refractivity contribution is 7.47. The quantitative estimate of drug-likeness (QED) is 0.0269. The van der Waals surface area contributed by atoms with Gasteiger partial charge in [0.05, 0.1) is 13.2 Å². The molecule has 9 nitrogen and oxygen atoms in total. The van der Waals surface area contributed by atoms with Crippen LogP contribution in [0.25, 0.3) is 0 Å². The number of carbonyl (C=O) groups is 2. The van der Waals surface area contributed by atoms with Gasteiger partial charge in [-0.1, -0.05) is 129 Å². The van der Waals surface area contributed by atoms with Crippen molar-refractivity contribution in [1.29, 1.82) is 0 Å². The fraction of sp³-hybridized carbons (Fsp3) is 0.886. The van der Waals surface area contributed by atoms with Crippen molar-refractivity contribution in [1.82, 2.24) is 5.32 Å². The van der Waals surface area contributed by atoms with Crippen LogP contribution in [0.2, 0.25) is 0 Å². The highest BCUT2D eigenvalue weighted by Crippen LogP contribution is 2.42. The fourth-order valence-electron chi connectivity index (χ4n) is 4.90. The van der Waals surface area contributed by atoms with E-state index in [1.54, 1.807) is 0 Å². The number of amides is 1. The van der Waals surface area contributed by atoms with Gasteiger partial charge in [-0.15, -0.1) is 0 Å². The normalized spacial score (nSPS) is 13.6. The molecule has 3 N–H and O–H groups in total. The van der Waals surface area contributed by atoms with E-state index in [1.165, 1.54) is 89.9 Å². The van der Waals surface area contributed by atoms with Gasteiger partial charge in [0.1, 0.15) is 12.7 Å². The first-order chi connectivity index (χ1) is 21.8. The van der Waals surface area contributed by atoms with Crippen molar-refractivity contribution in [2.24, 2.45) is 0 Å². The average molecular weight is 662 g/mol. The maximum atomic E-state index is 11.9. The van der Waals surface area contributed by atoms with Gasteiger partial charge in [-0.05, 0) is 38.5 Å². The number of rotatable bonds is 34. The molecule has 0 saturated carbocycles. The zero-order chi connectivity index (χ0) is 33.3. The molecule has 0 spiro atoms. The lowest BCUT2D eigenvalue weighted by molar-refractivity contribution is -0.147. The number of esters is 1. The smallest absolute Gasteiger partial charge is 0.463 e. The minimum absolute atomic E-state index is 0.0827. The number of allylic oxidation sites excluding steroid dienone is 2. The Balaban J connectivity index is 3.56. The molecule has 0 aliphatic heterocycles. The first-order valence-electron chi connectivity index (χ1n) is 18.2. The van der Waals surface area contributed by atoms with E-state index in [4.69, 9.17) is 13.8 Å². The van der Waals surface area contributed by atoms with E-state index < -0.39 is 26.5 Å². The summed E-state index contributed by atoms with van der Waals surface area (Å²) in [6.07, 6.45) is 30.4. The second-order valence-corrected chi connectivity index (χ2v) is 13.7. The molecule has 1 amide bonds. The Morgan fingerprint density at radius 3 is 1.67 bits per heavy atom. The van der Waals surface area contributed by atoms with Gasteiger partial charge in [0.25, 0.3) is 0 Å². The molecule has 0 aliphatic rings. The highest BCUT2D eigenvalue weighted by Gasteiger charge is 2.23. The van der Waals surface area contributed by atoms with Gasteiger partial charge in [0.15, 0.2) is 0 Å². The van der Waals surface area contributed by atoms with Crippen LogP contribution in [0.5, 0.6) is 0 Å². The Morgan fingerprint density at radius 2 is 1.13 bits per heavy atom. The maximum Gasteiger partial charge on any atom is 0.472 e. The van der Waals surface area contributed by atoms with Crippen molar-refractivity contribution >= 4 is 19.7 Å². The largest absolute Gasteiger partial charge is 0.472 e. The summed E-state index contributed by atoms with van der Waals surface area (Å²) in [7, 11) is -4.39. The molecular formula is C35H68NO8P. The number of hydrogen-bond acceptors (Lipinski definition) is 7. The van der Waals surface area contributed by atoms with Crippen molar-refractivity contribution in [3.05, 3.63) is 12.2 Å². The van der Waals surface area contributed by atoms with Crippen LogP contribution in [0.3, 0.4) is 0 Å². The molecule has 0 heterocycles. The molecule has 10 heteroatoms. The zero-order valence-electron chi connectivity index (χ0n) is 28.8. The van der Waals surface area contributed by atoms with Gasteiger partial charge in [-0.3, -0.25) is 18.6 Å². The van der Waals surface area contributed by atoms with Crippen LogP contribution in [0.4, 0.5) is 0 Å². The predicted molar refractivity (Wildman–Crippen MR) is 183 cm³/mol. The molecule has 0 radical (unpaired) electrons. The number of hydrogen-bond donors (Lipinski definition) is 3. The van der Waals surface area contributed by atoms with E-state index >= 15 is 0 Å². The van der Waals surface area contributed by atoms with Crippen LogP contribution in [0.1, 0.15) is 168 Å². The monoisotopic (exact) mass is 661 g/mol. The van der Waals surface area contributed by atoms with E-state index in [9.17, 15) is 24.2 Å². The zero-order valence-corrected chi connectivity index (χ0v) is 29.7. The molecule has 45 heavy (non-hydrogen) atoms. The third-order valence-corrected chi connectivity index (χ3v) is 8.68. The number of phosphoric acid groups is 1. The van der Waals surface area contributed by atoms with Crippen LogP contribution < -0.4 is 5.32 Å². The molecule has 266 valence electrons. The van der Waals surface area contributed by atoms with Crippen LogP contribution in [0, 0.1) is 0 Å². The topological polar surface area (TPSA) is 131 Å². The Morgan fingerprint density at radius 1 is 0.667 bits per heavy atom. The summed E-state index contributed by atoms with van der Waals surface area (Å²) in [5.41, 5.74) is 0. The van der Waals surface area contributed by atoms with Crippen LogP contribution in [-0.4, -0.2) is 54.3 Å². The number of aliphatic hydroxyl groups is 1. The Labute approximate surface area is 275 Å². The van der Waals surface area contributed by atoms with E-state index in [0.717, 1.165) is 51.4 Å². The van der Waals surface area contributed by atoms with Gasteiger partial charge in [-0.25, -0.2) is 4.57 Å². The Hall–Kier alpha value is -1.25. The fourth-order valence-corrected chi connectivity index (χ4v) is 5.66. The summed E-state index contributed by atoms with van der Waals surface area (Å²) in [6, 6.07) is 0. The first kappa shape index (κ1) is 43.8. The number of ether oxygens (including phenoxy) is 1. The summed E-state index contributed by atoms with van der Waals surface area (Å²) in [5, 5.41) is 12.6. The van der Waals surface area contributed by atoms with Gasteiger partial charge >= 0.3 is 13.8 Å². The number of phosphoric ester groups is 1. The molecule has 0 bridgehead atoms. The lowest BCUT2D eigenvalue weighted by Gasteiger charge is -2.15. The average Bonchev–Trinajstić information content (AvgIpc) is 3.02. The molecule has 0 aromatic rings. The minimum Gasteiger partial charge on any atom is -0.463 e. The first-order valence-corrected chi connectivity index (χ1v) is 19.7. The van der Waals surface area contributed by atoms with E-state index in [1.807, 2.05) is 0 Å². The molecule has 0 aromatic heterocycles.